The number of carboxylic acids is 1. The molecule has 2 amide bonds. The third kappa shape index (κ3) is 5.11. The van der Waals surface area contributed by atoms with Gasteiger partial charge in [0.2, 0.25) is 11.8 Å². The topological polar surface area (TPSA) is 171 Å². The Morgan fingerprint density at radius 3 is 2.68 bits per heavy atom. The van der Waals surface area contributed by atoms with Gasteiger partial charge >= 0.3 is 0 Å². The maximum absolute atomic E-state index is 12.6. The highest BCUT2D eigenvalue weighted by atomic mass is 32.2. The van der Waals surface area contributed by atoms with Crippen molar-refractivity contribution in [1.82, 2.24) is 0 Å². The Hall–Kier alpha value is -4.06. The van der Waals surface area contributed by atoms with Crippen LogP contribution in [0.3, 0.4) is 0 Å². The number of carbonyl (C=O) groups excluding carboxylic acids is 3. The molecule has 0 unspecified atom stereocenters. The molecule has 0 spiro atoms. The number of carboxylic acid groups (broad SMARTS) is 1. The lowest BCUT2D eigenvalue weighted by Gasteiger charge is -2.16. The molecule has 1 saturated heterocycles. The van der Waals surface area contributed by atoms with Crippen molar-refractivity contribution in [1.29, 1.82) is 0 Å². The quantitative estimate of drug-likeness (QED) is 0.224. The van der Waals surface area contributed by atoms with E-state index in [0.29, 0.717) is 5.56 Å². The number of hydrogen-bond donors (Lipinski definition) is 1. The van der Waals surface area contributed by atoms with Gasteiger partial charge in [0.15, 0.2) is 5.17 Å². The van der Waals surface area contributed by atoms with E-state index in [4.69, 9.17) is 5.73 Å². The number of rotatable bonds is 6. The number of nitrogens with zero attached hydrogens (tertiary/aromatic N) is 4. The van der Waals surface area contributed by atoms with Crippen LogP contribution < -0.4 is 15.7 Å². The Morgan fingerprint density at radius 2 is 1.97 bits per heavy atom. The fourth-order valence-corrected chi connectivity index (χ4v) is 3.60. The maximum Gasteiger partial charge on any atom is 0.270 e. The fraction of sp³-hybridized carbons (Fsp3) is 0.105. The van der Waals surface area contributed by atoms with E-state index in [1.807, 2.05) is 0 Å². The van der Waals surface area contributed by atoms with Crippen LogP contribution >= 0.6 is 11.8 Å². The minimum atomic E-state index is -1.43. The van der Waals surface area contributed by atoms with E-state index >= 15 is 0 Å². The van der Waals surface area contributed by atoms with Gasteiger partial charge in [-0.15, -0.1) is 5.10 Å². The number of non-ortho nitro benzene ring substituents is 1. The number of nitrogens with two attached hydrogens (primary N) is 1. The highest BCUT2D eigenvalue weighted by Gasteiger charge is 2.40. The third-order valence-corrected chi connectivity index (χ3v) is 5.13. The highest BCUT2D eigenvalue weighted by Crippen LogP contribution is 2.30. The number of amidine groups is 1. The summed E-state index contributed by atoms with van der Waals surface area (Å²) in [5.41, 5.74) is 6.07. The summed E-state index contributed by atoms with van der Waals surface area (Å²) < 4.78 is 0. The first-order valence-electron chi connectivity index (χ1n) is 8.72. The zero-order valence-electron chi connectivity index (χ0n) is 15.7. The van der Waals surface area contributed by atoms with Crippen molar-refractivity contribution < 1.29 is 24.4 Å². The van der Waals surface area contributed by atoms with E-state index in [1.54, 1.807) is 6.07 Å². The Labute approximate surface area is 179 Å². The second-order valence-corrected chi connectivity index (χ2v) is 7.47. The molecule has 1 fully saturated rings. The molecule has 1 heterocycles. The van der Waals surface area contributed by atoms with E-state index in [9.17, 15) is 29.6 Å². The molecule has 2 aromatic carbocycles. The zero-order valence-corrected chi connectivity index (χ0v) is 16.5. The van der Waals surface area contributed by atoms with Crippen molar-refractivity contribution in [2.75, 3.05) is 4.90 Å². The lowest BCUT2D eigenvalue weighted by Crippen LogP contribution is -2.32. The van der Waals surface area contributed by atoms with Crippen LogP contribution in [0.25, 0.3) is 0 Å². The van der Waals surface area contributed by atoms with Crippen molar-refractivity contribution in [2.24, 2.45) is 15.9 Å². The summed E-state index contributed by atoms with van der Waals surface area (Å²) in [6.07, 6.45) is 1.11. The molecule has 2 N–H and O–H groups in total. The van der Waals surface area contributed by atoms with Crippen LogP contribution in [0.2, 0.25) is 0 Å². The van der Waals surface area contributed by atoms with Crippen molar-refractivity contribution in [3.05, 3.63) is 69.8 Å². The molecular formula is C19H14N5O6S-. The van der Waals surface area contributed by atoms with E-state index in [0.717, 1.165) is 16.7 Å². The molecule has 0 saturated carbocycles. The predicted octanol–water partition coefficient (Wildman–Crippen LogP) is 0.672. The smallest absolute Gasteiger partial charge is 0.270 e. The molecule has 3 rings (SSSR count). The van der Waals surface area contributed by atoms with Crippen LogP contribution in [0.5, 0.6) is 0 Å². The summed E-state index contributed by atoms with van der Waals surface area (Å²) in [6.45, 7) is 0. The average molecular weight is 440 g/mol. The summed E-state index contributed by atoms with van der Waals surface area (Å²) in [5, 5.41) is 28.3. The van der Waals surface area contributed by atoms with Crippen LogP contribution in [-0.4, -0.2) is 39.3 Å². The third-order valence-electron chi connectivity index (χ3n) is 4.15. The molecular weight excluding hydrogens is 426 g/mol. The minimum Gasteiger partial charge on any atom is -0.545 e. The largest absolute Gasteiger partial charge is 0.545 e. The molecule has 0 radical (unpaired) electrons. The van der Waals surface area contributed by atoms with E-state index in [2.05, 4.69) is 10.2 Å². The molecule has 1 aliphatic heterocycles. The van der Waals surface area contributed by atoms with Crippen LogP contribution in [0.4, 0.5) is 11.4 Å². The summed E-state index contributed by atoms with van der Waals surface area (Å²) in [6, 6.07) is 11.0. The Balaban J connectivity index is 1.69. The van der Waals surface area contributed by atoms with Gasteiger partial charge in [0.1, 0.15) is 5.25 Å². The summed E-state index contributed by atoms with van der Waals surface area (Å²) >= 11 is 0.836. The summed E-state index contributed by atoms with van der Waals surface area (Å²) in [4.78, 5) is 47.1. The number of carbonyl (C=O) groups is 3. The van der Waals surface area contributed by atoms with Gasteiger partial charge in [0, 0.05) is 24.1 Å². The van der Waals surface area contributed by atoms with Gasteiger partial charge in [-0.05, 0) is 17.7 Å². The molecule has 1 aliphatic rings. The second kappa shape index (κ2) is 9.17. The van der Waals surface area contributed by atoms with Gasteiger partial charge in [0.05, 0.1) is 22.8 Å². The Kier molecular flexibility index (Phi) is 6.40. The lowest BCUT2D eigenvalue weighted by molar-refractivity contribution is -0.384. The van der Waals surface area contributed by atoms with Crippen LogP contribution in [0, 0.1) is 10.1 Å². The molecule has 12 heteroatoms. The van der Waals surface area contributed by atoms with Gasteiger partial charge in [-0.3, -0.25) is 19.7 Å². The first-order valence-corrected chi connectivity index (χ1v) is 9.60. The van der Waals surface area contributed by atoms with Crippen LogP contribution in [0.1, 0.15) is 22.3 Å². The molecule has 0 aliphatic carbocycles. The summed E-state index contributed by atoms with van der Waals surface area (Å²) in [7, 11) is 0. The van der Waals surface area contributed by atoms with Crippen molar-refractivity contribution >= 4 is 52.3 Å². The van der Waals surface area contributed by atoms with Gasteiger partial charge in [0.25, 0.3) is 5.69 Å². The molecule has 158 valence electrons. The molecule has 2 aromatic rings. The highest BCUT2D eigenvalue weighted by molar-refractivity contribution is 8.14. The number of aromatic carboxylic acids is 1. The van der Waals surface area contributed by atoms with Gasteiger partial charge in [-0.1, -0.05) is 36.0 Å². The molecule has 1 atom stereocenters. The normalized spacial score (nSPS) is 16.8. The number of nitro groups is 1. The number of thioether (sulfide) groups is 1. The van der Waals surface area contributed by atoms with Gasteiger partial charge in [-0.25, -0.2) is 4.90 Å². The van der Waals surface area contributed by atoms with Gasteiger partial charge < -0.3 is 15.6 Å². The van der Waals surface area contributed by atoms with Crippen molar-refractivity contribution in [3.63, 3.8) is 0 Å². The SMILES string of the molecule is NC(=N/N=C\c1cccc([N+](=O)[O-])c1)S[C@@H]1CC(=O)N(c2cccc(C(=O)[O-])c2)C1=O. The monoisotopic (exact) mass is 440 g/mol. The second-order valence-electron chi connectivity index (χ2n) is 6.25. The predicted molar refractivity (Wildman–Crippen MR) is 112 cm³/mol. The zero-order chi connectivity index (χ0) is 22.5. The minimum absolute atomic E-state index is 0.0850. The Bertz CT molecular complexity index is 1130. The number of nitro benzene ring substituents is 1. The lowest BCUT2D eigenvalue weighted by atomic mass is 10.2. The maximum atomic E-state index is 12.6. The van der Waals surface area contributed by atoms with Crippen LogP contribution in [0.15, 0.2) is 58.7 Å². The van der Waals surface area contributed by atoms with E-state index in [-0.39, 0.29) is 28.5 Å². The number of hydrogen-bond acceptors (Lipinski definition) is 9. The van der Waals surface area contributed by atoms with Gasteiger partial charge in [-0.2, -0.15) is 5.10 Å². The number of amides is 2. The molecule has 31 heavy (non-hydrogen) atoms. The number of imide groups is 1. The number of anilines is 1. The van der Waals surface area contributed by atoms with E-state index in [1.165, 1.54) is 48.7 Å². The molecule has 0 aromatic heterocycles. The van der Waals surface area contributed by atoms with Crippen molar-refractivity contribution in [3.8, 4) is 0 Å². The first kappa shape index (κ1) is 21.6. The molecule has 11 nitrogen and oxygen atoms in total. The van der Waals surface area contributed by atoms with Crippen LogP contribution in [-0.2, 0) is 9.59 Å². The first-order chi connectivity index (χ1) is 14.8. The standard InChI is InChI=1S/C19H15N5O6S/c20-19(22-21-10-11-3-1-6-14(7-11)24(29)30)31-15-9-16(25)23(17(15)26)13-5-2-4-12(8-13)18(27)28/h1-8,10,15H,9H2,(H2,20,22)(H,27,28)/p-1/b21-10-/t15-/m1/s1. The Morgan fingerprint density at radius 1 is 1.23 bits per heavy atom. The summed E-state index contributed by atoms with van der Waals surface area (Å²) in [5.74, 6) is -2.50. The molecule has 0 bridgehead atoms. The average Bonchev–Trinajstić information content (AvgIpc) is 3.01. The van der Waals surface area contributed by atoms with E-state index < -0.39 is 28.0 Å². The number of benzene rings is 2. The van der Waals surface area contributed by atoms with Crippen molar-refractivity contribution in [2.45, 2.75) is 11.7 Å². The fourth-order valence-electron chi connectivity index (χ4n) is 2.78.